The number of aromatic nitrogens is 1. The molecule has 1 aliphatic carbocycles. The van der Waals surface area contributed by atoms with Crippen LogP contribution in [-0.2, 0) is 28.0 Å². The number of ether oxygens (including phenoxy) is 1. The van der Waals surface area contributed by atoms with E-state index in [2.05, 4.69) is 26.0 Å². The fourth-order valence-electron chi connectivity index (χ4n) is 6.75. The Bertz CT molecular complexity index is 1780. The first kappa shape index (κ1) is 34.2. The van der Waals surface area contributed by atoms with Crippen LogP contribution in [0.4, 0.5) is 4.79 Å². The number of nitrogens with zero attached hydrogens (tertiary/aromatic N) is 3. The van der Waals surface area contributed by atoms with Gasteiger partial charge in [0.15, 0.2) is 0 Å². The van der Waals surface area contributed by atoms with E-state index >= 15 is 0 Å². The fraction of sp³-hybridized carbons (Fsp3) is 0.500. The molecule has 1 aliphatic heterocycles. The van der Waals surface area contributed by atoms with Gasteiger partial charge in [-0.3, -0.25) is 9.59 Å². The van der Waals surface area contributed by atoms with E-state index in [9.17, 15) is 22.8 Å². The summed E-state index contributed by atoms with van der Waals surface area (Å²) < 4.78 is 35.8. The van der Waals surface area contributed by atoms with Crippen molar-refractivity contribution in [3.05, 3.63) is 53.1 Å². The highest BCUT2D eigenvalue weighted by atomic mass is 32.2. The number of nitrogens with one attached hydrogen (secondary N) is 3. The minimum Gasteiger partial charge on any atom is -0.497 e. The second-order valence-electron chi connectivity index (χ2n) is 13.1. The molecule has 2 aromatic carbocycles. The zero-order valence-electron chi connectivity index (χ0n) is 28.1. The molecule has 3 N–H and O–H groups in total. The fourth-order valence-corrected chi connectivity index (χ4v) is 7.29. The van der Waals surface area contributed by atoms with Crippen molar-refractivity contribution >= 4 is 39.0 Å². The van der Waals surface area contributed by atoms with Crippen LogP contribution in [-0.4, -0.2) is 86.9 Å². The number of likely N-dealkylation sites (N-methyl/N-ethyl adjacent to an activating group) is 1. The van der Waals surface area contributed by atoms with Gasteiger partial charge in [0.2, 0.25) is 5.91 Å². The van der Waals surface area contributed by atoms with Crippen molar-refractivity contribution in [2.75, 3.05) is 34.8 Å². The zero-order chi connectivity index (χ0) is 34.0. The average molecular weight is 667 g/mol. The minimum absolute atomic E-state index is 0.0407. The van der Waals surface area contributed by atoms with Gasteiger partial charge in [-0.25, -0.2) is 9.52 Å². The van der Waals surface area contributed by atoms with Crippen LogP contribution in [0.3, 0.4) is 0 Å². The topological polar surface area (TPSA) is 142 Å². The normalized spacial score (nSPS) is 16.7. The number of carbonyl (C=O) groups excluding carboxylic acids is 3. The number of urea groups is 1. The second kappa shape index (κ2) is 13.9. The Morgan fingerprint density at radius 1 is 1.02 bits per heavy atom. The van der Waals surface area contributed by atoms with Crippen LogP contribution in [0.2, 0.25) is 0 Å². The molecule has 1 atom stereocenters. The first-order valence-electron chi connectivity index (χ1n) is 16.2. The van der Waals surface area contributed by atoms with Crippen LogP contribution in [0.15, 0.2) is 36.4 Å². The Kier molecular flexibility index (Phi) is 10.2. The number of benzene rings is 2. The second-order valence-corrected chi connectivity index (χ2v) is 15.0. The molecule has 0 radical (unpaired) electrons. The summed E-state index contributed by atoms with van der Waals surface area (Å²) in [4.78, 5) is 40.4. The molecule has 12 nitrogen and oxygen atoms in total. The Morgan fingerprint density at radius 2 is 1.74 bits per heavy atom. The Morgan fingerprint density at radius 3 is 2.40 bits per heavy atom. The van der Waals surface area contributed by atoms with Gasteiger partial charge in [-0.15, -0.1) is 0 Å². The monoisotopic (exact) mass is 666 g/mol. The molecular weight excluding hydrogens is 620 g/mol. The van der Waals surface area contributed by atoms with Crippen molar-refractivity contribution < 1.29 is 27.5 Å². The Balaban J connectivity index is 1.62. The molecule has 1 unspecified atom stereocenters. The van der Waals surface area contributed by atoms with E-state index in [1.165, 1.54) is 31.0 Å². The molecule has 3 aromatic rings. The molecule has 0 bridgehead atoms. The SMILES string of the molecule is COc1ccc2c(c1)CC(NC(=O)N(C)CC(=O)NC(C)C)Cn1c-2c(C2CCCCC2)c2ccc(C(=O)NS(=O)(=O)N(C)C)cc21. The van der Waals surface area contributed by atoms with Crippen molar-refractivity contribution in [3.8, 4) is 17.0 Å². The highest BCUT2D eigenvalue weighted by Gasteiger charge is 2.32. The first-order valence-corrected chi connectivity index (χ1v) is 17.6. The number of hydrogen-bond donors (Lipinski definition) is 3. The van der Waals surface area contributed by atoms with Crippen molar-refractivity contribution in [2.45, 2.75) is 76.9 Å². The number of fused-ring (bicyclic) bond motifs is 5. The van der Waals surface area contributed by atoms with Gasteiger partial charge in [0.1, 0.15) is 12.3 Å². The van der Waals surface area contributed by atoms with Crippen LogP contribution in [0.25, 0.3) is 22.2 Å². The lowest BCUT2D eigenvalue weighted by Gasteiger charge is -2.24. The highest BCUT2D eigenvalue weighted by Crippen LogP contribution is 2.46. The summed E-state index contributed by atoms with van der Waals surface area (Å²) in [5.74, 6) is 0.0518. The Hall–Kier alpha value is -4.10. The number of amides is 4. The average Bonchev–Trinajstić information content (AvgIpc) is 3.24. The lowest BCUT2D eigenvalue weighted by Crippen LogP contribution is -2.48. The van der Waals surface area contributed by atoms with E-state index in [4.69, 9.17) is 4.74 Å². The number of hydrogen-bond acceptors (Lipinski definition) is 6. The number of methoxy groups -OCH3 is 1. The smallest absolute Gasteiger partial charge is 0.317 e. The minimum atomic E-state index is -3.99. The van der Waals surface area contributed by atoms with Crippen LogP contribution >= 0.6 is 0 Å². The molecule has 2 heterocycles. The van der Waals surface area contributed by atoms with Gasteiger partial charge in [-0.05, 0) is 80.5 Å². The predicted octanol–water partition coefficient (Wildman–Crippen LogP) is 3.99. The van der Waals surface area contributed by atoms with Crippen LogP contribution < -0.4 is 20.1 Å². The Labute approximate surface area is 277 Å². The molecule has 1 aromatic heterocycles. The summed E-state index contributed by atoms with van der Waals surface area (Å²) in [6.07, 6.45) is 6.06. The summed E-state index contributed by atoms with van der Waals surface area (Å²) in [5, 5.41) is 6.98. The molecule has 4 amide bonds. The molecule has 13 heteroatoms. The van der Waals surface area contributed by atoms with E-state index in [0.717, 1.165) is 57.7 Å². The molecule has 1 saturated carbocycles. The van der Waals surface area contributed by atoms with Gasteiger partial charge in [0.25, 0.3) is 5.91 Å². The van der Waals surface area contributed by atoms with E-state index in [1.54, 1.807) is 26.3 Å². The third-order valence-electron chi connectivity index (χ3n) is 9.02. The highest BCUT2D eigenvalue weighted by molar-refractivity contribution is 7.87. The summed E-state index contributed by atoms with van der Waals surface area (Å²) >= 11 is 0. The summed E-state index contributed by atoms with van der Waals surface area (Å²) in [5.41, 5.74) is 5.32. The molecule has 5 rings (SSSR count). The predicted molar refractivity (Wildman–Crippen MR) is 182 cm³/mol. The molecular formula is C34H46N6O6S. The molecule has 47 heavy (non-hydrogen) atoms. The van der Waals surface area contributed by atoms with Crippen molar-refractivity contribution in [2.24, 2.45) is 0 Å². The standard InChI is InChI=1S/C34H46N6O6S/c1-21(2)35-30(41)20-39(5)34(43)36-25-16-24-17-26(46-6)13-15-27(24)32-31(22-10-8-7-9-11-22)28-14-12-23(18-29(28)40(32)19-25)33(42)37-47(44,45)38(3)4/h12-15,17-18,21-22,25H,7-11,16,19-20H2,1-6H3,(H,35,41)(H,36,43)(H,37,42). The maximum Gasteiger partial charge on any atom is 0.317 e. The lowest BCUT2D eigenvalue weighted by atomic mass is 9.81. The maximum atomic E-state index is 13.4. The lowest BCUT2D eigenvalue weighted by molar-refractivity contribution is -0.121. The van der Waals surface area contributed by atoms with Gasteiger partial charge >= 0.3 is 16.2 Å². The van der Waals surface area contributed by atoms with Gasteiger partial charge in [-0.1, -0.05) is 25.3 Å². The van der Waals surface area contributed by atoms with Crippen molar-refractivity contribution in [3.63, 3.8) is 0 Å². The van der Waals surface area contributed by atoms with Crippen molar-refractivity contribution in [1.82, 2.24) is 29.1 Å². The largest absolute Gasteiger partial charge is 0.497 e. The van der Waals surface area contributed by atoms with E-state index in [0.29, 0.717) is 24.6 Å². The van der Waals surface area contributed by atoms with E-state index in [1.807, 2.05) is 32.0 Å². The third kappa shape index (κ3) is 7.41. The molecule has 2 aliphatic rings. The van der Waals surface area contributed by atoms with Gasteiger partial charge in [0.05, 0.1) is 18.8 Å². The van der Waals surface area contributed by atoms with Crippen LogP contribution in [0.5, 0.6) is 5.75 Å². The van der Waals surface area contributed by atoms with Gasteiger partial charge in [-0.2, -0.15) is 12.7 Å². The van der Waals surface area contributed by atoms with E-state index in [-0.39, 0.29) is 36.1 Å². The number of rotatable bonds is 9. The van der Waals surface area contributed by atoms with Crippen molar-refractivity contribution in [1.29, 1.82) is 0 Å². The van der Waals surface area contributed by atoms with Gasteiger partial charge in [0, 0.05) is 55.8 Å². The zero-order valence-corrected chi connectivity index (χ0v) is 28.9. The molecule has 1 fully saturated rings. The first-order chi connectivity index (χ1) is 22.3. The third-order valence-corrected chi connectivity index (χ3v) is 10.4. The van der Waals surface area contributed by atoms with Crippen LogP contribution in [0, 0.1) is 0 Å². The summed E-state index contributed by atoms with van der Waals surface area (Å²) in [7, 11) is 1.94. The van der Waals surface area contributed by atoms with Gasteiger partial charge < -0.3 is 24.8 Å². The quantitative estimate of drug-likeness (QED) is 0.315. The van der Waals surface area contributed by atoms with E-state index < -0.39 is 16.1 Å². The molecule has 0 saturated heterocycles. The summed E-state index contributed by atoms with van der Waals surface area (Å²) in [6.45, 7) is 4.05. The molecule has 254 valence electrons. The van der Waals surface area contributed by atoms with Crippen LogP contribution in [0.1, 0.15) is 73.4 Å². The summed E-state index contributed by atoms with van der Waals surface area (Å²) in [6, 6.07) is 10.6. The number of carbonyl (C=O) groups is 3. The molecule has 0 spiro atoms. The maximum absolute atomic E-state index is 13.4.